The molecule has 0 aliphatic carbocycles. The molecule has 2 aromatic rings. The maximum absolute atomic E-state index is 3.40. The Morgan fingerprint density at radius 3 is 2.22 bits per heavy atom. The van der Waals surface area contributed by atoms with Gasteiger partial charge in [0.05, 0.1) is 6.54 Å². The van der Waals surface area contributed by atoms with Crippen LogP contribution in [0.1, 0.15) is 24.1 Å². The van der Waals surface area contributed by atoms with Crippen molar-refractivity contribution in [2.75, 3.05) is 6.54 Å². The molecule has 0 unspecified atom stereocenters. The Bertz CT molecular complexity index is 520. The van der Waals surface area contributed by atoms with E-state index in [-0.39, 0.29) is 0 Å². The molecule has 0 bridgehead atoms. The molecule has 0 saturated carbocycles. The van der Waals surface area contributed by atoms with Crippen molar-refractivity contribution in [1.82, 2.24) is 5.32 Å². The lowest BCUT2D eigenvalue weighted by atomic mass is 10.1. The van der Waals surface area contributed by atoms with Crippen molar-refractivity contribution in [3.05, 3.63) is 71.8 Å². The fourth-order valence-corrected chi connectivity index (χ4v) is 1.73. The number of hydrogen-bond donors (Lipinski definition) is 1. The van der Waals surface area contributed by atoms with Gasteiger partial charge in [0.1, 0.15) is 0 Å². The van der Waals surface area contributed by atoms with Crippen LogP contribution in [0.4, 0.5) is 0 Å². The number of rotatable bonds is 3. The Balaban J connectivity index is 1.85. The summed E-state index contributed by atoms with van der Waals surface area (Å²) < 4.78 is 0. The Morgan fingerprint density at radius 1 is 0.944 bits per heavy atom. The molecule has 0 spiro atoms. The maximum Gasteiger partial charge on any atom is 0.0584 e. The van der Waals surface area contributed by atoms with E-state index in [9.17, 15) is 0 Å². The lowest BCUT2D eigenvalue weighted by Crippen LogP contribution is -2.18. The number of hydrogen-bond acceptors (Lipinski definition) is 1. The van der Waals surface area contributed by atoms with Crippen LogP contribution >= 0.6 is 0 Å². The number of benzene rings is 2. The van der Waals surface area contributed by atoms with Gasteiger partial charge in [-0.3, -0.25) is 5.32 Å². The van der Waals surface area contributed by atoms with Crippen LogP contribution in [-0.4, -0.2) is 6.54 Å². The third-order valence-electron chi connectivity index (χ3n) is 2.80. The van der Waals surface area contributed by atoms with Gasteiger partial charge in [0.15, 0.2) is 0 Å². The van der Waals surface area contributed by atoms with Crippen molar-refractivity contribution in [2.24, 2.45) is 0 Å². The molecule has 0 amide bonds. The molecule has 0 aliphatic heterocycles. The molecule has 1 heteroatoms. The summed E-state index contributed by atoms with van der Waals surface area (Å²) in [5, 5.41) is 3.40. The van der Waals surface area contributed by atoms with E-state index >= 15 is 0 Å². The Kier molecular flexibility index (Phi) is 4.58. The monoisotopic (exact) mass is 235 g/mol. The van der Waals surface area contributed by atoms with E-state index in [1.807, 2.05) is 36.4 Å². The first kappa shape index (κ1) is 12.4. The molecule has 0 saturated heterocycles. The minimum atomic E-state index is 0.330. The highest BCUT2D eigenvalue weighted by atomic mass is 14.9. The van der Waals surface area contributed by atoms with Crippen LogP contribution in [0.15, 0.2) is 60.7 Å². The minimum absolute atomic E-state index is 0.330. The molecule has 0 radical (unpaired) electrons. The summed E-state index contributed by atoms with van der Waals surface area (Å²) in [6.45, 7) is 2.85. The van der Waals surface area contributed by atoms with E-state index < -0.39 is 0 Å². The van der Waals surface area contributed by atoms with Crippen LogP contribution in [0.5, 0.6) is 0 Å². The molecule has 0 fully saturated rings. The highest BCUT2D eigenvalue weighted by Gasteiger charge is 2.00. The third kappa shape index (κ3) is 3.76. The smallest absolute Gasteiger partial charge is 0.0584 e. The van der Waals surface area contributed by atoms with E-state index in [1.54, 1.807) is 0 Å². The van der Waals surface area contributed by atoms with E-state index in [0.29, 0.717) is 12.6 Å². The van der Waals surface area contributed by atoms with Gasteiger partial charge in [-0.2, -0.15) is 0 Å². The molecular weight excluding hydrogens is 218 g/mol. The van der Waals surface area contributed by atoms with Crippen LogP contribution in [-0.2, 0) is 0 Å². The molecule has 0 aromatic heterocycles. The maximum atomic E-state index is 3.40. The lowest BCUT2D eigenvalue weighted by Gasteiger charge is -2.11. The first-order valence-electron chi connectivity index (χ1n) is 6.18. The summed E-state index contributed by atoms with van der Waals surface area (Å²) in [5.41, 5.74) is 2.35. The number of nitrogens with one attached hydrogen (secondary N) is 1. The van der Waals surface area contributed by atoms with Crippen LogP contribution < -0.4 is 5.32 Å². The highest BCUT2D eigenvalue weighted by molar-refractivity contribution is 5.33. The standard InChI is InChI=1S/C17H17N/c1-15(17-12-6-3-7-13-17)18-14-8-11-16-9-4-2-5-10-16/h2-7,9-10,12-13,15,18H,14H2,1H3/t15-/m1/s1. The molecule has 2 aromatic carbocycles. The van der Waals surface area contributed by atoms with Gasteiger partial charge in [-0.15, -0.1) is 0 Å². The normalized spacial score (nSPS) is 11.4. The van der Waals surface area contributed by atoms with Gasteiger partial charge in [0.2, 0.25) is 0 Å². The largest absolute Gasteiger partial charge is 0.300 e. The van der Waals surface area contributed by atoms with Crippen molar-refractivity contribution in [2.45, 2.75) is 13.0 Å². The summed E-state index contributed by atoms with van der Waals surface area (Å²) in [5.74, 6) is 6.28. The van der Waals surface area contributed by atoms with E-state index in [0.717, 1.165) is 5.56 Å². The molecule has 2 rings (SSSR count). The van der Waals surface area contributed by atoms with E-state index in [1.165, 1.54) is 5.56 Å². The molecule has 1 nitrogen and oxygen atoms in total. The first-order chi connectivity index (χ1) is 8.86. The van der Waals surface area contributed by atoms with Crippen LogP contribution in [0.25, 0.3) is 0 Å². The molecule has 0 aliphatic rings. The van der Waals surface area contributed by atoms with Gasteiger partial charge in [0.25, 0.3) is 0 Å². The molecular formula is C17H17N. The fraction of sp³-hybridized carbons (Fsp3) is 0.176. The van der Waals surface area contributed by atoms with E-state index in [4.69, 9.17) is 0 Å². The molecule has 0 heterocycles. The summed E-state index contributed by atoms with van der Waals surface area (Å²) >= 11 is 0. The van der Waals surface area contributed by atoms with E-state index in [2.05, 4.69) is 48.3 Å². The second-order valence-electron chi connectivity index (χ2n) is 4.18. The molecule has 18 heavy (non-hydrogen) atoms. The van der Waals surface area contributed by atoms with Gasteiger partial charge < -0.3 is 0 Å². The topological polar surface area (TPSA) is 12.0 Å². The summed E-state index contributed by atoms with van der Waals surface area (Å²) in [6, 6.07) is 20.8. The quantitative estimate of drug-likeness (QED) is 0.804. The zero-order valence-corrected chi connectivity index (χ0v) is 10.6. The summed E-state index contributed by atoms with van der Waals surface area (Å²) in [7, 11) is 0. The average molecular weight is 235 g/mol. The Hall–Kier alpha value is -2.04. The van der Waals surface area contributed by atoms with Crippen molar-refractivity contribution < 1.29 is 0 Å². The van der Waals surface area contributed by atoms with Crippen LogP contribution in [0.2, 0.25) is 0 Å². The summed E-state index contributed by atoms with van der Waals surface area (Å²) in [6.07, 6.45) is 0. The van der Waals surface area contributed by atoms with Crippen LogP contribution in [0, 0.1) is 11.8 Å². The zero-order chi connectivity index (χ0) is 12.6. The van der Waals surface area contributed by atoms with Crippen LogP contribution in [0.3, 0.4) is 0 Å². The second kappa shape index (κ2) is 6.64. The van der Waals surface area contributed by atoms with Crippen molar-refractivity contribution in [3.8, 4) is 11.8 Å². The molecule has 1 atom stereocenters. The lowest BCUT2D eigenvalue weighted by molar-refractivity contribution is 0.623. The second-order valence-corrected chi connectivity index (χ2v) is 4.18. The van der Waals surface area contributed by atoms with Crippen molar-refractivity contribution in [1.29, 1.82) is 0 Å². The predicted molar refractivity (Wildman–Crippen MR) is 76.2 cm³/mol. The first-order valence-corrected chi connectivity index (χ1v) is 6.18. The Morgan fingerprint density at radius 2 is 1.56 bits per heavy atom. The van der Waals surface area contributed by atoms with Gasteiger partial charge in [0, 0.05) is 11.6 Å². The van der Waals surface area contributed by atoms with Crippen molar-refractivity contribution >= 4 is 0 Å². The molecule has 90 valence electrons. The third-order valence-corrected chi connectivity index (χ3v) is 2.80. The SMILES string of the molecule is C[C@@H](NCC#Cc1ccccc1)c1ccccc1. The zero-order valence-electron chi connectivity index (χ0n) is 10.6. The summed E-state index contributed by atoms with van der Waals surface area (Å²) in [4.78, 5) is 0. The van der Waals surface area contributed by atoms with Crippen molar-refractivity contribution in [3.63, 3.8) is 0 Å². The molecule has 1 N–H and O–H groups in total. The van der Waals surface area contributed by atoms with Gasteiger partial charge in [-0.1, -0.05) is 60.4 Å². The minimum Gasteiger partial charge on any atom is -0.300 e. The Labute approximate surface area is 109 Å². The van der Waals surface area contributed by atoms with Gasteiger partial charge in [-0.05, 0) is 24.6 Å². The predicted octanol–water partition coefficient (Wildman–Crippen LogP) is 3.39. The highest BCUT2D eigenvalue weighted by Crippen LogP contribution is 2.10. The fourth-order valence-electron chi connectivity index (χ4n) is 1.73. The van der Waals surface area contributed by atoms with Gasteiger partial charge in [-0.25, -0.2) is 0 Å². The average Bonchev–Trinajstić information content (AvgIpc) is 2.45. The van der Waals surface area contributed by atoms with Gasteiger partial charge >= 0.3 is 0 Å².